The molecule has 0 spiro atoms. The summed E-state index contributed by atoms with van der Waals surface area (Å²) in [5.74, 6) is -0.672. The van der Waals surface area contributed by atoms with Gasteiger partial charge in [-0.3, -0.25) is 24.1 Å². The lowest BCUT2D eigenvalue weighted by molar-refractivity contribution is -0.115. The summed E-state index contributed by atoms with van der Waals surface area (Å²) >= 11 is 0. The minimum absolute atomic E-state index is 0.0755. The lowest BCUT2D eigenvalue weighted by Crippen LogP contribution is -2.30. The van der Waals surface area contributed by atoms with E-state index < -0.39 is 0 Å². The maximum Gasteiger partial charge on any atom is 0.261 e. The van der Waals surface area contributed by atoms with E-state index in [4.69, 9.17) is 0 Å². The van der Waals surface area contributed by atoms with Crippen molar-refractivity contribution in [1.82, 2.24) is 4.90 Å². The number of carbonyl (C=O) groups is 4. The van der Waals surface area contributed by atoms with Gasteiger partial charge in [-0.2, -0.15) is 0 Å². The van der Waals surface area contributed by atoms with Crippen LogP contribution in [0.15, 0.2) is 41.0 Å². The Hall–Kier alpha value is -2.82. The zero-order valence-electron chi connectivity index (χ0n) is 16.6. The third kappa shape index (κ3) is 3.75. The fraction of sp³-hybridized carbons (Fsp3) is 0.391. The molecule has 2 amide bonds. The molecule has 2 aliphatic rings. The molecule has 0 atom stereocenters. The smallest absolute Gasteiger partial charge is 0.261 e. The molecule has 0 bridgehead atoms. The largest absolute Gasteiger partial charge is 0.294 e. The predicted octanol–water partition coefficient (Wildman–Crippen LogP) is 4.28. The number of amides is 2. The van der Waals surface area contributed by atoms with E-state index in [1.807, 2.05) is 26.8 Å². The molecule has 1 heterocycles. The number of allylic oxidation sites excluding steroid dienone is 4. The van der Waals surface area contributed by atoms with Gasteiger partial charge in [-0.05, 0) is 50.0 Å². The Morgan fingerprint density at radius 3 is 2.46 bits per heavy atom. The van der Waals surface area contributed by atoms with Crippen molar-refractivity contribution < 1.29 is 19.2 Å². The highest BCUT2D eigenvalue weighted by molar-refractivity contribution is 6.22. The van der Waals surface area contributed by atoms with Crippen LogP contribution < -0.4 is 0 Å². The number of Topliss-reactive ketones (excluding diaryl/α,β-unsaturated/α-hetero) is 2. The van der Waals surface area contributed by atoms with Crippen molar-refractivity contribution in [3.8, 4) is 0 Å². The predicted molar refractivity (Wildman–Crippen MR) is 106 cm³/mol. The molecule has 5 nitrogen and oxygen atoms in total. The number of ketones is 2. The number of rotatable bonds is 7. The summed E-state index contributed by atoms with van der Waals surface area (Å²) in [6.45, 7) is 6.22. The zero-order chi connectivity index (χ0) is 20.4. The molecule has 0 fully saturated rings. The number of benzene rings is 1. The molecule has 0 N–H and O–H groups in total. The normalized spacial score (nSPS) is 16.6. The standard InChI is InChI=1S/C23H25NO4/c1-4-5-10-24-22(27)18-7-6-16(13-19(18)23(24)28)20(25)9-8-17-15(3)11-14(2)12-21(17)26/h6-7,11,13H,4-5,8-10,12H2,1-3H3. The van der Waals surface area contributed by atoms with Crippen LogP contribution in [0.25, 0.3) is 0 Å². The number of hydrogen-bond donors (Lipinski definition) is 0. The molecule has 3 rings (SSSR count). The summed E-state index contributed by atoms with van der Waals surface area (Å²) in [6, 6.07) is 4.69. The second kappa shape index (κ2) is 8.05. The Balaban J connectivity index is 1.74. The first-order chi connectivity index (χ1) is 13.3. The monoisotopic (exact) mass is 379 g/mol. The molecule has 28 heavy (non-hydrogen) atoms. The Morgan fingerprint density at radius 2 is 1.79 bits per heavy atom. The highest BCUT2D eigenvalue weighted by Crippen LogP contribution is 2.27. The van der Waals surface area contributed by atoms with Crippen molar-refractivity contribution in [1.29, 1.82) is 0 Å². The molecule has 0 saturated heterocycles. The van der Waals surface area contributed by atoms with Gasteiger partial charge in [0.25, 0.3) is 11.8 Å². The fourth-order valence-electron chi connectivity index (χ4n) is 3.79. The van der Waals surface area contributed by atoms with Crippen LogP contribution in [-0.2, 0) is 4.79 Å². The van der Waals surface area contributed by atoms with Crippen molar-refractivity contribution >= 4 is 23.4 Å². The maximum absolute atomic E-state index is 12.6. The third-order valence-corrected chi connectivity index (χ3v) is 5.34. The molecular weight excluding hydrogens is 354 g/mol. The molecule has 1 aliphatic heterocycles. The van der Waals surface area contributed by atoms with Gasteiger partial charge < -0.3 is 0 Å². The quantitative estimate of drug-likeness (QED) is 0.524. The molecular formula is C23H25NO4. The number of carbonyl (C=O) groups excluding carboxylic acids is 4. The van der Waals surface area contributed by atoms with E-state index >= 15 is 0 Å². The third-order valence-electron chi connectivity index (χ3n) is 5.34. The van der Waals surface area contributed by atoms with Crippen LogP contribution in [0, 0.1) is 0 Å². The summed E-state index contributed by atoms with van der Waals surface area (Å²) in [5, 5.41) is 0. The topological polar surface area (TPSA) is 71.5 Å². The average molecular weight is 379 g/mol. The molecule has 1 aromatic carbocycles. The van der Waals surface area contributed by atoms with Gasteiger partial charge in [0.05, 0.1) is 11.1 Å². The van der Waals surface area contributed by atoms with E-state index in [1.165, 1.54) is 11.0 Å². The fourth-order valence-corrected chi connectivity index (χ4v) is 3.79. The van der Waals surface area contributed by atoms with Crippen molar-refractivity contribution in [3.63, 3.8) is 0 Å². The van der Waals surface area contributed by atoms with Crippen molar-refractivity contribution in [2.75, 3.05) is 6.54 Å². The average Bonchev–Trinajstić information content (AvgIpc) is 2.89. The zero-order valence-corrected chi connectivity index (χ0v) is 16.6. The van der Waals surface area contributed by atoms with Crippen molar-refractivity contribution in [2.45, 2.75) is 52.9 Å². The van der Waals surface area contributed by atoms with Crippen LogP contribution in [0.2, 0.25) is 0 Å². The van der Waals surface area contributed by atoms with Gasteiger partial charge in [0, 0.05) is 24.9 Å². The SMILES string of the molecule is CCCCN1C(=O)c2ccc(C(=O)CCC3=C(C)C=C(C)CC3=O)cc2C1=O. The van der Waals surface area contributed by atoms with Crippen LogP contribution in [0.4, 0.5) is 0 Å². The molecule has 5 heteroatoms. The van der Waals surface area contributed by atoms with Crippen molar-refractivity contribution in [2.24, 2.45) is 0 Å². The van der Waals surface area contributed by atoms with Gasteiger partial charge in [-0.1, -0.05) is 31.1 Å². The van der Waals surface area contributed by atoms with Crippen LogP contribution in [0.1, 0.15) is 83.9 Å². The number of nitrogens with zero attached hydrogens (tertiary/aromatic N) is 1. The number of unbranched alkanes of at least 4 members (excludes halogenated alkanes) is 1. The van der Waals surface area contributed by atoms with Gasteiger partial charge in [0.15, 0.2) is 11.6 Å². The maximum atomic E-state index is 12.6. The van der Waals surface area contributed by atoms with Gasteiger partial charge in [-0.25, -0.2) is 0 Å². The van der Waals surface area contributed by atoms with E-state index in [2.05, 4.69) is 0 Å². The Kier molecular flexibility index (Phi) is 5.73. The Bertz CT molecular complexity index is 936. The minimum Gasteiger partial charge on any atom is -0.294 e. The molecule has 146 valence electrons. The molecule has 1 aliphatic carbocycles. The molecule has 1 aromatic rings. The highest BCUT2D eigenvalue weighted by atomic mass is 16.2. The summed E-state index contributed by atoms with van der Waals surface area (Å²) in [4.78, 5) is 51.1. The van der Waals surface area contributed by atoms with E-state index in [-0.39, 0.29) is 29.8 Å². The lowest BCUT2D eigenvalue weighted by Gasteiger charge is -2.15. The Morgan fingerprint density at radius 1 is 1.07 bits per heavy atom. The van der Waals surface area contributed by atoms with Gasteiger partial charge in [-0.15, -0.1) is 0 Å². The molecule has 0 aromatic heterocycles. The van der Waals surface area contributed by atoms with E-state index in [0.29, 0.717) is 41.6 Å². The summed E-state index contributed by atoms with van der Waals surface area (Å²) in [6.07, 6.45) is 4.63. The molecule has 0 unspecified atom stereocenters. The van der Waals surface area contributed by atoms with Gasteiger partial charge >= 0.3 is 0 Å². The molecule has 0 saturated carbocycles. The van der Waals surface area contributed by atoms with E-state index in [1.54, 1.807) is 12.1 Å². The van der Waals surface area contributed by atoms with Crippen LogP contribution >= 0.6 is 0 Å². The first-order valence-corrected chi connectivity index (χ1v) is 9.77. The van der Waals surface area contributed by atoms with Gasteiger partial charge in [0.1, 0.15) is 0 Å². The summed E-state index contributed by atoms with van der Waals surface area (Å²) in [7, 11) is 0. The van der Waals surface area contributed by atoms with Gasteiger partial charge in [0.2, 0.25) is 0 Å². The van der Waals surface area contributed by atoms with Crippen LogP contribution in [0.3, 0.4) is 0 Å². The van der Waals surface area contributed by atoms with Crippen molar-refractivity contribution in [3.05, 3.63) is 57.7 Å². The first kappa shape index (κ1) is 19.9. The summed E-state index contributed by atoms with van der Waals surface area (Å²) < 4.78 is 0. The number of imide groups is 1. The minimum atomic E-state index is -0.329. The Labute approximate surface area is 165 Å². The lowest BCUT2D eigenvalue weighted by atomic mass is 9.88. The summed E-state index contributed by atoms with van der Waals surface area (Å²) in [5.41, 5.74) is 3.73. The number of hydrogen-bond acceptors (Lipinski definition) is 4. The van der Waals surface area contributed by atoms with E-state index in [9.17, 15) is 19.2 Å². The second-order valence-electron chi connectivity index (χ2n) is 7.55. The number of fused-ring (bicyclic) bond motifs is 1. The van der Waals surface area contributed by atoms with Crippen LogP contribution in [-0.4, -0.2) is 34.8 Å². The second-order valence-corrected chi connectivity index (χ2v) is 7.55. The highest BCUT2D eigenvalue weighted by Gasteiger charge is 2.35. The van der Waals surface area contributed by atoms with E-state index in [0.717, 1.165) is 24.0 Å². The first-order valence-electron chi connectivity index (χ1n) is 9.77. The van der Waals surface area contributed by atoms with Crippen LogP contribution in [0.5, 0.6) is 0 Å². The molecule has 0 radical (unpaired) electrons.